The molecule has 0 amide bonds. The highest BCUT2D eigenvalue weighted by Gasteiger charge is 2.04. The molecule has 0 aliphatic rings. The predicted molar refractivity (Wildman–Crippen MR) is 59.0 cm³/mol. The maximum atomic E-state index is 8.48. The van der Waals surface area contributed by atoms with Crippen LogP contribution in [0.15, 0.2) is 0 Å². The lowest BCUT2D eigenvalue weighted by Crippen LogP contribution is -2.34. The van der Waals surface area contributed by atoms with Crippen molar-refractivity contribution in [3.05, 3.63) is 0 Å². The zero-order valence-corrected chi connectivity index (χ0v) is 9.93. The van der Waals surface area contributed by atoms with Crippen LogP contribution in [0.4, 0.5) is 0 Å². The summed E-state index contributed by atoms with van der Waals surface area (Å²) in [6.07, 6.45) is 0. The third kappa shape index (κ3) is 10.3. The van der Waals surface area contributed by atoms with Gasteiger partial charge in [0.05, 0.1) is 19.8 Å². The summed E-state index contributed by atoms with van der Waals surface area (Å²) in [4.78, 5) is 2.10. The Kier molecular flexibility index (Phi) is 12.6. The first kappa shape index (κ1) is 15.8. The molecule has 0 spiro atoms. The Labute approximate surface area is 96.7 Å². The van der Waals surface area contributed by atoms with E-state index in [1.807, 2.05) is 6.92 Å². The molecule has 98 valence electrons. The molecular weight excluding hydrogens is 214 g/mol. The Hall–Kier alpha value is -0.240. The lowest BCUT2D eigenvalue weighted by Gasteiger charge is -2.21. The fourth-order valence-corrected chi connectivity index (χ4v) is 1.19. The summed E-state index contributed by atoms with van der Waals surface area (Å²) in [6, 6.07) is 0. The van der Waals surface area contributed by atoms with E-state index in [1.54, 1.807) is 0 Å². The SMILES string of the molecule is CCOCCN(CCOCO)CCOCO. The zero-order valence-electron chi connectivity index (χ0n) is 9.93. The van der Waals surface area contributed by atoms with Crippen molar-refractivity contribution in [1.82, 2.24) is 4.90 Å². The molecule has 0 rings (SSSR count). The van der Waals surface area contributed by atoms with E-state index in [2.05, 4.69) is 4.90 Å². The highest BCUT2D eigenvalue weighted by atomic mass is 16.6. The van der Waals surface area contributed by atoms with Gasteiger partial charge in [-0.1, -0.05) is 0 Å². The van der Waals surface area contributed by atoms with E-state index < -0.39 is 0 Å². The molecule has 0 unspecified atom stereocenters. The summed E-state index contributed by atoms with van der Waals surface area (Å²) in [6.45, 7) is 5.96. The van der Waals surface area contributed by atoms with Gasteiger partial charge in [0.25, 0.3) is 0 Å². The van der Waals surface area contributed by atoms with Gasteiger partial charge in [-0.2, -0.15) is 0 Å². The molecule has 6 nitrogen and oxygen atoms in total. The molecule has 0 fully saturated rings. The first-order chi connectivity index (χ1) is 7.85. The Morgan fingerprint density at radius 2 is 1.25 bits per heavy atom. The number of hydrogen-bond acceptors (Lipinski definition) is 6. The number of hydrogen-bond donors (Lipinski definition) is 2. The third-order valence-electron chi connectivity index (χ3n) is 2.04. The van der Waals surface area contributed by atoms with E-state index in [4.69, 9.17) is 24.4 Å². The highest BCUT2D eigenvalue weighted by Crippen LogP contribution is 1.90. The van der Waals surface area contributed by atoms with Crippen molar-refractivity contribution >= 4 is 0 Å². The summed E-state index contributed by atoms with van der Waals surface area (Å²) in [5.74, 6) is 0. The normalized spacial score (nSPS) is 11.2. The Morgan fingerprint density at radius 1 is 0.812 bits per heavy atom. The first-order valence-corrected chi connectivity index (χ1v) is 5.52. The van der Waals surface area contributed by atoms with Crippen LogP contribution in [-0.4, -0.2) is 74.8 Å². The summed E-state index contributed by atoms with van der Waals surface area (Å²) in [5, 5.41) is 17.0. The molecule has 0 aliphatic carbocycles. The van der Waals surface area contributed by atoms with Gasteiger partial charge in [0.15, 0.2) is 0 Å². The van der Waals surface area contributed by atoms with E-state index in [9.17, 15) is 0 Å². The molecule has 0 saturated heterocycles. The highest BCUT2D eigenvalue weighted by molar-refractivity contribution is 4.56. The number of nitrogens with zero attached hydrogens (tertiary/aromatic N) is 1. The molecular formula is C10H23NO5. The van der Waals surface area contributed by atoms with E-state index in [-0.39, 0.29) is 13.6 Å². The molecule has 0 bridgehead atoms. The van der Waals surface area contributed by atoms with Crippen molar-refractivity contribution in [2.24, 2.45) is 0 Å². The zero-order chi connectivity index (χ0) is 12.1. The molecule has 0 aliphatic heterocycles. The summed E-state index contributed by atoms with van der Waals surface area (Å²) in [7, 11) is 0. The van der Waals surface area contributed by atoms with Gasteiger partial charge in [-0.3, -0.25) is 4.90 Å². The molecule has 16 heavy (non-hydrogen) atoms. The van der Waals surface area contributed by atoms with Gasteiger partial charge in [-0.25, -0.2) is 0 Å². The fraction of sp³-hybridized carbons (Fsp3) is 1.00. The van der Waals surface area contributed by atoms with Crippen LogP contribution in [0, 0.1) is 0 Å². The summed E-state index contributed by atoms with van der Waals surface area (Å²) < 4.78 is 15.0. The monoisotopic (exact) mass is 237 g/mol. The molecule has 0 saturated carbocycles. The Morgan fingerprint density at radius 3 is 1.62 bits per heavy atom. The van der Waals surface area contributed by atoms with Gasteiger partial charge in [0.2, 0.25) is 0 Å². The van der Waals surface area contributed by atoms with Gasteiger partial charge in [-0.15, -0.1) is 0 Å². The van der Waals surface area contributed by atoms with Gasteiger partial charge in [0, 0.05) is 26.2 Å². The Balaban J connectivity index is 3.58. The maximum Gasteiger partial charge on any atom is 0.143 e. The lowest BCUT2D eigenvalue weighted by molar-refractivity contribution is -0.0278. The average Bonchev–Trinajstić information content (AvgIpc) is 2.29. The molecule has 0 aromatic carbocycles. The number of aliphatic hydroxyl groups is 2. The van der Waals surface area contributed by atoms with Crippen molar-refractivity contribution in [3.8, 4) is 0 Å². The largest absolute Gasteiger partial charge is 0.380 e. The van der Waals surface area contributed by atoms with Crippen LogP contribution in [0.5, 0.6) is 0 Å². The third-order valence-corrected chi connectivity index (χ3v) is 2.04. The van der Waals surface area contributed by atoms with Crippen LogP contribution < -0.4 is 0 Å². The lowest BCUT2D eigenvalue weighted by atomic mass is 10.4. The Bertz CT molecular complexity index is 113. The maximum absolute atomic E-state index is 8.48. The number of ether oxygens (including phenoxy) is 3. The van der Waals surface area contributed by atoms with Crippen LogP contribution in [0.2, 0.25) is 0 Å². The number of rotatable bonds is 12. The average molecular weight is 237 g/mol. The van der Waals surface area contributed by atoms with Gasteiger partial charge < -0.3 is 24.4 Å². The van der Waals surface area contributed by atoms with Crippen LogP contribution in [0.3, 0.4) is 0 Å². The minimum absolute atomic E-state index is 0.257. The first-order valence-electron chi connectivity index (χ1n) is 5.52. The van der Waals surface area contributed by atoms with Gasteiger partial charge in [-0.05, 0) is 6.92 Å². The second-order valence-electron chi connectivity index (χ2n) is 3.11. The van der Waals surface area contributed by atoms with Crippen LogP contribution >= 0.6 is 0 Å². The smallest absolute Gasteiger partial charge is 0.143 e. The van der Waals surface area contributed by atoms with Crippen molar-refractivity contribution in [2.75, 3.05) is 59.6 Å². The second kappa shape index (κ2) is 12.8. The fourth-order valence-electron chi connectivity index (χ4n) is 1.19. The second-order valence-corrected chi connectivity index (χ2v) is 3.11. The van der Waals surface area contributed by atoms with E-state index in [1.165, 1.54) is 0 Å². The quantitative estimate of drug-likeness (QED) is 0.344. The standard InChI is InChI=1S/C10H23NO5/c1-2-14-6-3-11(4-7-15-9-12)5-8-16-10-13/h12-13H,2-10H2,1H3. The van der Waals surface area contributed by atoms with Crippen molar-refractivity contribution in [2.45, 2.75) is 6.92 Å². The molecule has 0 atom stereocenters. The van der Waals surface area contributed by atoms with Crippen molar-refractivity contribution < 1.29 is 24.4 Å². The summed E-state index contributed by atoms with van der Waals surface area (Å²) in [5.41, 5.74) is 0. The van der Waals surface area contributed by atoms with Gasteiger partial charge in [0.1, 0.15) is 13.6 Å². The van der Waals surface area contributed by atoms with Crippen molar-refractivity contribution in [3.63, 3.8) is 0 Å². The van der Waals surface area contributed by atoms with Crippen LogP contribution in [0.25, 0.3) is 0 Å². The molecule has 0 heterocycles. The number of aliphatic hydroxyl groups excluding tert-OH is 2. The minimum atomic E-state index is -0.258. The molecule has 0 aromatic rings. The molecule has 2 N–H and O–H groups in total. The topological polar surface area (TPSA) is 71.4 Å². The molecule has 0 aromatic heterocycles. The van der Waals surface area contributed by atoms with Crippen molar-refractivity contribution in [1.29, 1.82) is 0 Å². The summed E-state index contributed by atoms with van der Waals surface area (Å²) >= 11 is 0. The predicted octanol–water partition coefficient (Wildman–Crippen LogP) is -0.742. The van der Waals surface area contributed by atoms with Crippen LogP contribution in [-0.2, 0) is 14.2 Å². The van der Waals surface area contributed by atoms with E-state index >= 15 is 0 Å². The molecule has 0 radical (unpaired) electrons. The molecule has 6 heteroatoms. The minimum Gasteiger partial charge on any atom is -0.380 e. The van der Waals surface area contributed by atoms with Crippen LogP contribution in [0.1, 0.15) is 6.92 Å². The van der Waals surface area contributed by atoms with Gasteiger partial charge >= 0.3 is 0 Å². The van der Waals surface area contributed by atoms with E-state index in [0.717, 1.165) is 6.54 Å². The van der Waals surface area contributed by atoms with E-state index in [0.29, 0.717) is 39.5 Å².